The molecular weight excluding hydrogens is 294 g/mol. The van der Waals surface area contributed by atoms with Crippen molar-refractivity contribution in [1.82, 2.24) is 9.80 Å². The Hall–Kier alpha value is -1.50. The fraction of sp³-hybridized carbons (Fsp3) is 0.500. The van der Waals surface area contributed by atoms with E-state index in [1.165, 1.54) is 5.56 Å². The van der Waals surface area contributed by atoms with Gasteiger partial charge in [0.05, 0.1) is 6.54 Å². The fourth-order valence-electron chi connectivity index (χ4n) is 2.58. The number of hydrogen-bond acceptors (Lipinski definition) is 5. The van der Waals surface area contributed by atoms with Crippen LogP contribution in [0.5, 0.6) is 11.5 Å². The minimum absolute atomic E-state index is 0. The Morgan fingerprint density at radius 1 is 1.14 bits per heavy atom. The van der Waals surface area contributed by atoms with Crippen LogP contribution in [0.4, 0.5) is 0 Å². The van der Waals surface area contributed by atoms with E-state index in [1.54, 1.807) is 0 Å². The van der Waals surface area contributed by atoms with Crippen LogP contribution in [0, 0.1) is 0 Å². The molecule has 0 spiro atoms. The van der Waals surface area contributed by atoms with Gasteiger partial charge in [-0.1, -0.05) is 6.07 Å². The lowest BCUT2D eigenvalue weighted by Crippen LogP contribution is -2.49. The van der Waals surface area contributed by atoms with Crippen LogP contribution in [0.15, 0.2) is 18.2 Å². The first-order valence-electron chi connectivity index (χ1n) is 6.85. The largest absolute Gasteiger partial charge is 0.454 e. The Bertz CT molecular complexity index is 504. The van der Waals surface area contributed by atoms with E-state index >= 15 is 0 Å². The number of halogens is 1. The maximum absolute atomic E-state index is 11.5. The number of amides is 1. The van der Waals surface area contributed by atoms with Crippen LogP contribution in [-0.2, 0) is 11.3 Å². The molecule has 1 saturated heterocycles. The number of nitrogens with zero attached hydrogens (tertiary/aromatic N) is 2. The van der Waals surface area contributed by atoms with Crippen molar-refractivity contribution in [3.8, 4) is 11.5 Å². The summed E-state index contributed by atoms with van der Waals surface area (Å²) in [4.78, 5) is 15.7. The molecule has 1 fully saturated rings. The summed E-state index contributed by atoms with van der Waals surface area (Å²) >= 11 is 0. The first kappa shape index (κ1) is 15.9. The number of carbonyl (C=O) groups is 1. The van der Waals surface area contributed by atoms with Gasteiger partial charge in [-0.3, -0.25) is 9.69 Å². The van der Waals surface area contributed by atoms with Crippen LogP contribution < -0.4 is 15.2 Å². The quantitative estimate of drug-likeness (QED) is 0.877. The summed E-state index contributed by atoms with van der Waals surface area (Å²) < 4.78 is 10.7. The Morgan fingerprint density at radius 3 is 2.57 bits per heavy atom. The van der Waals surface area contributed by atoms with E-state index in [4.69, 9.17) is 15.2 Å². The summed E-state index contributed by atoms with van der Waals surface area (Å²) in [7, 11) is 0. The topological polar surface area (TPSA) is 68.0 Å². The molecule has 2 aliphatic heterocycles. The number of carbonyl (C=O) groups excluding carboxylic acids is 1. The van der Waals surface area contributed by atoms with Gasteiger partial charge in [0.1, 0.15) is 0 Å². The highest BCUT2D eigenvalue weighted by atomic mass is 35.5. The zero-order valence-corrected chi connectivity index (χ0v) is 12.6. The molecule has 0 aliphatic carbocycles. The maximum atomic E-state index is 11.5. The van der Waals surface area contributed by atoms with E-state index in [2.05, 4.69) is 11.0 Å². The third-order valence-electron chi connectivity index (χ3n) is 3.74. The van der Waals surface area contributed by atoms with Crippen molar-refractivity contribution >= 4 is 18.3 Å². The standard InChI is InChI=1S/C14H19N3O3.ClH/c15-8-14(18)17-5-3-16(4-6-17)9-11-1-2-12-13(7-11)20-10-19-12;/h1-2,7H,3-6,8-10,15H2;1H. The molecule has 2 N–H and O–H groups in total. The zero-order chi connectivity index (χ0) is 13.9. The first-order valence-corrected chi connectivity index (χ1v) is 6.85. The van der Waals surface area contributed by atoms with Gasteiger partial charge in [-0.25, -0.2) is 0 Å². The lowest BCUT2D eigenvalue weighted by Gasteiger charge is -2.34. The van der Waals surface area contributed by atoms with Crippen molar-refractivity contribution in [1.29, 1.82) is 0 Å². The van der Waals surface area contributed by atoms with E-state index in [0.29, 0.717) is 6.79 Å². The van der Waals surface area contributed by atoms with Crippen molar-refractivity contribution in [2.75, 3.05) is 39.5 Å². The Morgan fingerprint density at radius 2 is 1.86 bits per heavy atom. The van der Waals surface area contributed by atoms with Crippen LogP contribution in [0.3, 0.4) is 0 Å². The number of ether oxygens (including phenoxy) is 2. The zero-order valence-electron chi connectivity index (χ0n) is 11.8. The van der Waals surface area contributed by atoms with Gasteiger partial charge < -0.3 is 20.1 Å². The summed E-state index contributed by atoms with van der Waals surface area (Å²) in [5.74, 6) is 1.67. The lowest BCUT2D eigenvalue weighted by atomic mass is 10.1. The van der Waals surface area contributed by atoms with Crippen molar-refractivity contribution in [2.24, 2.45) is 5.73 Å². The molecule has 0 aromatic heterocycles. The van der Waals surface area contributed by atoms with Gasteiger partial charge in [0.15, 0.2) is 11.5 Å². The number of nitrogens with two attached hydrogens (primary N) is 1. The lowest BCUT2D eigenvalue weighted by molar-refractivity contribution is -0.131. The molecule has 0 unspecified atom stereocenters. The van der Waals surface area contributed by atoms with Gasteiger partial charge in [-0.15, -0.1) is 12.4 Å². The van der Waals surface area contributed by atoms with Crippen LogP contribution in [0.2, 0.25) is 0 Å². The molecule has 1 aromatic rings. The van der Waals surface area contributed by atoms with Gasteiger partial charge in [-0.05, 0) is 17.7 Å². The Kier molecular flexibility index (Phi) is 5.27. The average molecular weight is 314 g/mol. The number of rotatable bonds is 3. The second-order valence-corrected chi connectivity index (χ2v) is 5.05. The first-order chi connectivity index (χ1) is 9.76. The van der Waals surface area contributed by atoms with Crippen LogP contribution in [-0.4, -0.2) is 55.2 Å². The molecule has 2 aliphatic rings. The Balaban J connectivity index is 0.00000161. The van der Waals surface area contributed by atoms with Gasteiger partial charge in [-0.2, -0.15) is 0 Å². The molecule has 116 valence electrons. The predicted octanol–water partition coefficient (Wildman–Crippen LogP) is 0.440. The molecule has 3 rings (SSSR count). The van der Waals surface area contributed by atoms with E-state index in [-0.39, 0.29) is 24.9 Å². The highest BCUT2D eigenvalue weighted by Gasteiger charge is 2.21. The number of benzene rings is 1. The Labute approximate surface area is 130 Å². The van der Waals surface area contributed by atoms with Crippen molar-refractivity contribution in [3.63, 3.8) is 0 Å². The molecule has 21 heavy (non-hydrogen) atoms. The highest BCUT2D eigenvalue weighted by Crippen LogP contribution is 2.32. The maximum Gasteiger partial charge on any atom is 0.236 e. The monoisotopic (exact) mass is 313 g/mol. The second kappa shape index (κ2) is 6.98. The van der Waals surface area contributed by atoms with Gasteiger partial charge >= 0.3 is 0 Å². The van der Waals surface area contributed by atoms with E-state index < -0.39 is 0 Å². The average Bonchev–Trinajstić information content (AvgIpc) is 2.95. The van der Waals surface area contributed by atoms with Crippen LogP contribution >= 0.6 is 12.4 Å². The van der Waals surface area contributed by atoms with Gasteiger partial charge in [0, 0.05) is 32.7 Å². The minimum Gasteiger partial charge on any atom is -0.454 e. The molecule has 0 radical (unpaired) electrons. The van der Waals surface area contributed by atoms with Crippen LogP contribution in [0.25, 0.3) is 0 Å². The van der Waals surface area contributed by atoms with Crippen molar-refractivity contribution in [3.05, 3.63) is 23.8 Å². The summed E-state index contributed by atoms with van der Waals surface area (Å²) in [6, 6.07) is 6.04. The van der Waals surface area contributed by atoms with Gasteiger partial charge in [0.2, 0.25) is 12.7 Å². The molecule has 2 heterocycles. The third kappa shape index (κ3) is 3.58. The smallest absolute Gasteiger partial charge is 0.236 e. The highest BCUT2D eigenvalue weighted by molar-refractivity contribution is 5.85. The van der Waals surface area contributed by atoms with Gasteiger partial charge in [0.25, 0.3) is 0 Å². The molecule has 1 amide bonds. The van der Waals surface area contributed by atoms with E-state index in [0.717, 1.165) is 44.2 Å². The molecule has 0 bridgehead atoms. The van der Waals surface area contributed by atoms with Crippen molar-refractivity contribution < 1.29 is 14.3 Å². The predicted molar refractivity (Wildman–Crippen MR) is 80.7 cm³/mol. The molecule has 0 saturated carbocycles. The van der Waals surface area contributed by atoms with Crippen molar-refractivity contribution in [2.45, 2.75) is 6.54 Å². The SMILES string of the molecule is Cl.NCC(=O)N1CCN(Cc2ccc3c(c2)OCO3)CC1. The third-order valence-corrected chi connectivity index (χ3v) is 3.74. The molecular formula is C14H20ClN3O3. The fourth-order valence-corrected chi connectivity index (χ4v) is 2.58. The second-order valence-electron chi connectivity index (χ2n) is 5.05. The summed E-state index contributed by atoms with van der Waals surface area (Å²) in [5, 5.41) is 0. The van der Waals surface area contributed by atoms with E-state index in [9.17, 15) is 4.79 Å². The molecule has 6 nitrogen and oxygen atoms in total. The summed E-state index contributed by atoms with van der Waals surface area (Å²) in [6.45, 7) is 4.52. The normalized spacial score (nSPS) is 17.5. The number of hydrogen-bond donors (Lipinski definition) is 1. The van der Waals surface area contributed by atoms with Crippen LogP contribution in [0.1, 0.15) is 5.56 Å². The molecule has 7 heteroatoms. The molecule has 0 atom stereocenters. The summed E-state index contributed by atoms with van der Waals surface area (Å²) in [5.41, 5.74) is 6.58. The summed E-state index contributed by atoms with van der Waals surface area (Å²) in [6.07, 6.45) is 0. The van der Waals surface area contributed by atoms with E-state index in [1.807, 2.05) is 17.0 Å². The number of fused-ring (bicyclic) bond motifs is 1. The minimum atomic E-state index is 0. The number of piperazine rings is 1. The molecule has 1 aromatic carbocycles.